The van der Waals surface area contributed by atoms with Crippen molar-refractivity contribution < 1.29 is 4.74 Å². The molecular weight excluding hydrogens is 164 g/mol. The molecule has 68 valence electrons. The Kier molecular flexibility index (Phi) is 2.02. The van der Waals surface area contributed by atoms with Gasteiger partial charge in [-0.15, -0.1) is 0 Å². The summed E-state index contributed by atoms with van der Waals surface area (Å²) >= 11 is 0. The zero-order chi connectivity index (χ0) is 9.26. The van der Waals surface area contributed by atoms with Crippen LogP contribution in [0.1, 0.15) is 11.1 Å². The lowest BCUT2D eigenvalue weighted by Gasteiger charge is -2.07. The Balaban J connectivity index is 2.45. The molecule has 2 heterocycles. The van der Waals surface area contributed by atoms with Crippen molar-refractivity contribution in [3.05, 3.63) is 29.6 Å². The van der Waals surface area contributed by atoms with E-state index in [1.807, 2.05) is 13.1 Å². The van der Waals surface area contributed by atoms with Crippen molar-refractivity contribution in [3.63, 3.8) is 0 Å². The summed E-state index contributed by atoms with van der Waals surface area (Å²) in [6, 6.07) is 0. The largest absolute Gasteiger partial charge is 0.397 e. The number of nitrogens with zero attached hydrogens (tertiary/aromatic N) is 1. The predicted octanol–water partition coefficient (Wildman–Crippen LogP) is 1.39. The molecule has 13 heavy (non-hydrogen) atoms. The summed E-state index contributed by atoms with van der Waals surface area (Å²) in [5.41, 5.74) is 9.89. The van der Waals surface area contributed by atoms with Gasteiger partial charge >= 0.3 is 0 Å². The van der Waals surface area contributed by atoms with Gasteiger partial charge in [0.2, 0.25) is 0 Å². The Morgan fingerprint density at radius 2 is 2.31 bits per heavy atom. The fourth-order valence-electron chi connectivity index (χ4n) is 1.44. The molecule has 1 aromatic heterocycles. The number of aromatic nitrogens is 1. The highest BCUT2D eigenvalue weighted by Crippen LogP contribution is 2.24. The first kappa shape index (κ1) is 8.26. The number of hydrogen-bond donors (Lipinski definition) is 1. The lowest BCUT2D eigenvalue weighted by atomic mass is 10.0. The maximum absolute atomic E-state index is 5.76. The van der Waals surface area contributed by atoms with E-state index in [1.165, 1.54) is 5.57 Å². The Morgan fingerprint density at radius 1 is 1.46 bits per heavy atom. The average Bonchev–Trinajstić information content (AvgIpc) is 2.62. The third kappa shape index (κ3) is 1.42. The monoisotopic (exact) mass is 176 g/mol. The second-order valence-electron chi connectivity index (χ2n) is 3.15. The minimum Gasteiger partial charge on any atom is -0.397 e. The SMILES string of the molecule is Cc1c(N)cncc1C1=CCOC1. The Labute approximate surface area is 77.2 Å². The molecule has 0 unspecified atom stereocenters. The van der Waals surface area contributed by atoms with Gasteiger partial charge in [-0.25, -0.2) is 0 Å². The summed E-state index contributed by atoms with van der Waals surface area (Å²) in [7, 11) is 0. The molecule has 0 saturated carbocycles. The second-order valence-corrected chi connectivity index (χ2v) is 3.15. The number of pyridine rings is 1. The van der Waals surface area contributed by atoms with Crippen molar-refractivity contribution in [2.24, 2.45) is 0 Å². The predicted molar refractivity (Wildman–Crippen MR) is 52.2 cm³/mol. The van der Waals surface area contributed by atoms with Crippen molar-refractivity contribution in [3.8, 4) is 0 Å². The molecule has 0 spiro atoms. The van der Waals surface area contributed by atoms with Crippen molar-refractivity contribution in [2.75, 3.05) is 18.9 Å². The molecular formula is C10H12N2O. The van der Waals surface area contributed by atoms with Gasteiger partial charge in [0.25, 0.3) is 0 Å². The summed E-state index contributed by atoms with van der Waals surface area (Å²) in [6.07, 6.45) is 5.59. The summed E-state index contributed by atoms with van der Waals surface area (Å²) in [5.74, 6) is 0. The topological polar surface area (TPSA) is 48.1 Å². The van der Waals surface area contributed by atoms with Crippen LogP contribution in [0.25, 0.3) is 5.57 Å². The van der Waals surface area contributed by atoms with E-state index in [9.17, 15) is 0 Å². The van der Waals surface area contributed by atoms with Gasteiger partial charge in [0.05, 0.1) is 25.1 Å². The van der Waals surface area contributed by atoms with E-state index in [0.717, 1.165) is 16.8 Å². The van der Waals surface area contributed by atoms with Gasteiger partial charge in [0.15, 0.2) is 0 Å². The normalized spacial score (nSPS) is 15.9. The fourth-order valence-corrected chi connectivity index (χ4v) is 1.44. The lowest BCUT2D eigenvalue weighted by molar-refractivity contribution is 0.216. The molecule has 0 radical (unpaired) electrons. The van der Waals surface area contributed by atoms with Gasteiger partial charge in [-0.1, -0.05) is 6.08 Å². The van der Waals surface area contributed by atoms with Crippen molar-refractivity contribution >= 4 is 11.3 Å². The zero-order valence-electron chi connectivity index (χ0n) is 7.58. The fraction of sp³-hybridized carbons (Fsp3) is 0.300. The highest BCUT2D eigenvalue weighted by Gasteiger charge is 2.11. The molecule has 1 aliphatic rings. The van der Waals surface area contributed by atoms with Gasteiger partial charge in [0, 0.05) is 11.8 Å². The van der Waals surface area contributed by atoms with Crippen LogP contribution in [0.5, 0.6) is 0 Å². The Hall–Kier alpha value is -1.35. The van der Waals surface area contributed by atoms with Gasteiger partial charge in [-0.05, 0) is 18.1 Å². The Morgan fingerprint density at radius 3 is 3.00 bits per heavy atom. The maximum atomic E-state index is 5.76. The number of anilines is 1. The molecule has 0 aromatic carbocycles. The van der Waals surface area contributed by atoms with Crippen LogP contribution in [0.4, 0.5) is 5.69 Å². The van der Waals surface area contributed by atoms with Crippen molar-refractivity contribution in [1.82, 2.24) is 4.98 Å². The first-order valence-corrected chi connectivity index (χ1v) is 4.26. The van der Waals surface area contributed by atoms with Crippen LogP contribution in [-0.4, -0.2) is 18.2 Å². The molecule has 0 fully saturated rings. The number of hydrogen-bond acceptors (Lipinski definition) is 3. The van der Waals surface area contributed by atoms with Crippen LogP contribution in [0.3, 0.4) is 0 Å². The minimum absolute atomic E-state index is 0.673. The Bertz CT molecular complexity index is 358. The lowest BCUT2D eigenvalue weighted by Crippen LogP contribution is -1.97. The van der Waals surface area contributed by atoms with E-state index in [2.05, 4.69) is 11.1 Å². The van der Waals surface area contributed by atoms with Crippen LogP contribution < -0.4 is 5.73 Å². The summed E-state index contributed by atoms with van der Waals surface area (Å²) in [4.78, 5) is 4.07. The third-order valence-electron chi connectivity index (χ3n) is 2.31. The smallest absolute Gasteiger partial charge is 0.0725 e. The first-order chi connectivity index (χ1) is 6.29. The van der Waals surface area contributed by atoms with E-state index < -0.39 is 0 Å². The molecule has 2 N–H and O–H groups in total. The number of rotatable bonds is 1. The van der Waals surface area contributed by atoms with E-state index in [1.54, 1.807) is 6.20 Å². The number of nitrogens with two attached hydrogens (primary N) is 1. The maximum Gasteiger partial charge on any atom is 0.0725 e. The summed E-state index contributed by atoms with van der Waals surface area (Å²) < 4.78 is 5.25. The highest BCUT2D eigenvalue weighted by atomic mass is 16.5. The first-order valence-electron chi connectivity index (χ1n) is 4.26. The molecule has 1 aromatic rings. The van der Waals surface area contributed by atoms with Crippen molar-refractivity contribution in [2.45, 2.75) is 6.92 Å². The van der Waals surface area contributed by atoms with Gasteiger partial charge in [0.1, 0.15) is 0 Å². The molecule has 3 heteroatoms. The van der Waals surface area contributed by atoms with E-state index in [-0.39, 0.29) is 0 Å². The van der Waals surface area contributed by atoms with Gasteiger partial charge in [-0.2, -0.15) is 0 Å². The zero-order valence-corrected chi connectivity index (χ0v) is 7.58. The molecule has 0 atom stereocenters. The number of nitrogen functional groups attached to an aromatic ring is 1. The van der Waals surface area contributed by atoms with Gasteiger partial charge < -0.3 is 10.5 Å². The molecule has 0 aliphatic carbocycles. The van der Waals surface area contributed by atoms with Crippen LogP contribution in [-0.2, 0) is 4.74 Å². The highest BCUT2D eigenvalue weighted by molar-refractivity contribution is 5.72. The quantitative estimate of drug-likeness (QED) is 0.703. The molecule has 0 saturated heterocycles. The van der Waals surface area contributed by atoms with E-state index >= 15 is 0 Å². The molecule has 1 aliphatic heterocycles. The van der Waals surface area contributed by atoms with E-state index in [4.69, 9.17) is 10.5 Å². The van der Waals surface area contributed by atoms with Crippen LogP contribution in [0, 0.1) is 6.92 Å². The van der Waals surface area contributed by atoms with E-state index in [0.29, 0.717) is 13.2 Å². The summed E-state index contributed by atoms with van der Waals surface area (Å²) in [6.45, 7) is 3.38. The minimum atomic E-state index is 0.673. The summed E-state index contributed by atoms with van der Waals surface area (Å²) in [5, 5.41) is 0. The average molecular weight is 176 g/mol. The molecule has 0 amide bonds. The molecule has 2 rings (SSSR count). The van der Waals surface area contributed by atoms with Crippen LogP contribution in [0.2, 0.25) is 0 Å². The van der Waals surface area contributed by atoms with Gasteiger partial charge in [-0.3, -0.25) is 4.98 Å². The van der Waals surface area contributed by atoms with Crippen LogP contribution in [0.15, 0.2) is 18.5 Å². The van der Waals surface area contributed by atoms with Crippen molar-refractivity contribution in [1.29, 1.82) is 0 Å². The third-order valence-corrected chi connectivity index (χ3v) is 2.31. The standard InChI is InChI=1S/C10H12N2O/c1-7-9(4-12-5-10(7)11)8-2-3-13-6-8/h2,4-5H,3,6,11H2,1H3. The number of ether oxygens (including phenoxy) is 1. The molecule has 0 bridgehead atoms. The van der Waals surface area contributed by atoms with Crippen LogP contribution >= 0.6 is 0 Å². The second kappa shape index (κ2) is 3.18. The molecule has 3 nitrogen and oxygen atoms in total.